The van der Waals surface area contributed by atoms with Gasteiger partial charge in [-0.3, -0.25) is 9.59 Å². The average Bonchev–Trinajstić information content (AvgIpc) is 3.16. The summed E-state index contributed by atoms with van der Waals surface area (Å²) in [7, 11) is 0. The number of aliphatic hydroxyl groups excluding tert-OH is 2. The molecule has 0 aromatic carbocycles. The van der Waals surface area contributed by atoms with E-state index in [4.69, 9.17) is 4.74 Å². The number of carbonyl (C=O) groups is 2. The molecule has 6 nitrogen and oxygen atoms in total. The second-order valence-electron chi connectivity index (χ2n) is 15.4. The van der Waals surface area contributed by atoms with Crippen molar-refractivity contribution in [3.63, 3.8) is 0 Å². The summed E-state index contributed by atoms with van der Waals surface area (Å²) in [6.45, 7) is 4.78. The highest BCUT2D eigenvalue weighted by molar-refractivity contribution is 5.76. The van der Waals surface area contributed by atoms with Gasteiger partial charge in [-0.25, -0.2) is 0 Å². The van der Waals surface area contributed by atoms with E-state index in [9.17, 15) is 19.8 Å². The summed E-state index contributed by atoms with van der Waals surface area (Å²) >= 11 is 0. The van der Waals surface area contributed by atoms with Crippen LogP contribution in [0.4, 0.5) is 0 Å². The van der Waals surface area contributed by atoms with Crippen LogP contribution in [0.25, 0.3) is 0 Å². The molecule has 2 atom stereocenters. The molecular weight excluding hydrogens is 659 g/mol. The maximum absolute atomic E-state index is 12.4. The number of nitrogens with one attached hydrogen (secondary N) is 1. The van der Waals surface area contributed by atoms with Gasteiger partial charge in [-0.05, 0) is 57.8 Å². The number of carbonyl (C=O) groups excluding carboxylic acids is 2. The van der Waals surface area contributed by atoms with Gasteiger partial charge in [0.1, 0.15) is 0 Å². The van der Waals surface area contributed by atoms with Gasteiger partial charge in [-0.2, -0.15) is 0 Å². The van der Waals surface area contributed by atoms with Crippen LogP contribution in [0.15, 0.2) is 36.5 Å². The third-order valence-electron chi connectivity index (χ3n) is 10.2. The summed E-state index contributed by atoms with van der Waals surface area (Å²) < 4.78 is 5.43. The molecule has 0 aliphatic rings. The lowest BCUT2D eigenvalue weighted by Crippen LogP contribution is -2.45. The molecule has 0 saturated carbocycles. The Labute approximate surface area is 328 Å². The Kier molecular flexibility index (Phi) is 41.3. The number of hydrogen-bond acceptors (Lipinski definition) is 5. The topological polar surface area (TPSA) is 95.9 Å². The predicted molar refractivity (Wildman–Crippen MR) is 227 cm³/mol. The lowest BCUT2D eigenvalue weighted by Gasteiger charge is -2.20. The molecule has 0 aliphatic carbocycles. The third kappa shape index (κ3) is 39.6. The summed E-state index contributed by atoms with van der Waals surface area (Å²) in [5, 5.41) is 22.9. The first kappa shape index (κ1) is 51.1. The van der Waals surface area contributed by atoms with Crippen LogP contribution in [0.2, 0.25) is 0 Å². The standard InChI is InChI=1S/C47H87NO5/c1-3-5-7-9-11-13-15-16-17-21-25-29-33-37-41-47(52)53-42-38-34-30-26-22-18-20-24-28-32-36-40-46(51)48-44(43-49)45(50)39-35-31-27-23-19-14-12-10-8-6-4-2/h9,11,15-16,35,39,44-45,49-50H,3-8,10,12-14,17-34,36-38,40-43H2,1-2H3,(H,48,51)/b11-9-,16-15-,39-35+. The SMILES string of the molecule is CCCC/C=C\C/C=C\CCCCCCCC(=O)OCCCCCCCCCCCCCC(=O)NC(CO)C(O)/C=C/CCCCCCCCCCC. The molecule has 310 valence electrons. The maximum Gasteiger partial charge on any atom is 0.305 e. The molecule has 0 aliphatic heterocycles. The molecule has 3 N–H and O–H groups in total. The van der Waals surface area contributed by atoms with Crippen LogP contribution in [-0.2, 0) is 14.3 Å². The molecule has 0 heterocycles. The molecule has 0 radical (unpaired) electrons. The van der Waals surface area contributed by atoms with E-state index in [-0.39, 0.29) is 18.5 Å². The Balaban J connectivity index is 3.52. The van der Waals surface area contributed by atoms with Crippen molar-refractivity contribution < 1.29 is 24.5 Å². The van der Waals surface area contributed by atoms with Crippen LogP contribution in [0.3, 0.4) is 0 Å². The van der Waals surface area contributed by atoms with Crippen LogP contribution in [0.1, 0.15) is 226 Å². The zero-order chi connectivity index (χ0) is 38.7. The van der Waals surface area contributed by atoms with Crippen molar-refractivity contribution in [1.29, 1.82) is 0 Å². The Morgan fingerprint density at radius 1 is 0.528 bits per heavy atom. The first-order valence-corrected chi connectivity index (χ1v) is 22.8. The van der Waals surface area contributed by atoms with Crippen LogP contribution < -0.4 is 5.32 Å². The van der Waals surface area contributed by atoms with Crippen LogP contribution >= 0.6 is 0 Å². The second-order valence-corrected chi connectivity index (χ2v) is 15.4. The lowest BCUT2D eigenvalue weighted by molar-refractivity contribution is -0.143. The molecule has 0 rings (SSSR count). The minimum atomic E-state index is -0.856. The van der Waals surface area contributed by atoms with Crippen molar-refractivity contribution in [3.05, 3.63) is 36.5 Å². The first-order valence-electron chi connectivity index (χ1n) is 22.8. The Bertz CT molecular complexity index is 869. The minimum Gasteiger partial charge on any atom is -0.466 e. The zero-order valence-electron chi connectivity index (χ0n) is 35.0. The van der Waals surface area contributed by atoms with E-state index >= 15 is 0 Å². The number of allylic oxidation sites excluding steroid dienone is 5. The molecule has 0 aromatic heterocycles. The number of amides is 1. The van der Waals surface area contributed by atoms with Crippen molar-refractivity contribution in [3.8, 4) is 0 Å². The molecular formula is C47H87NO5. The van der Waals surface area contributed by atoms with E-state index in [0.717, 1.165) is 70.6 Å². The van der Waals surface area contributed by atoms with Crippen molar-refractivity contribution in [2.45, 2.75) is 238 Å². The molecule has 0 saturated heterocycles. The monoisotopic (exact) mass is 746 g/mol. The van der Waals surface area contributed by atoms with Crippen LogP contribution in [-0.4, -0.2) is 47.4 Å². The van der Waals surface area contributed by atoms with Gasteiger partial charge in [0.25, 0.3) is 0 Å². The number of aliphatic hydroxyl groups is 2. The fourth-order valence-corrected chi connectivity index (χ4v) is 6.59. The maximum atomic E-state index is 12.4. The smallest absolute Gasteiger partial charge is 0.305 e. The Morgan fingerprint density at radius 2 is 0.962 bits per heavy atom. The molecule has 0 aromatic rings. The van der Waals surface area contributed by atoms with Crippen LogP contribution in [0, 0.1) is 0 Å². The normalized spacial score (nSPS) is 13.1. The predicted octanol–water partition coefficient (Wildman–Crippen LogP) is 12.9. The summed E-state index contributed by atoms with van der Waals surface area (Å²) in [4.78, 5) is 24.4. The molecule has 2 unspecified atom stereocenters. The summed E-state index contributed by atoms with van der Waals surface area (Å²) in [6.07, 6.45) is 49.8. The zero-order valence-corrected chi connectivity index (χ0v) is 35.0. The van der Waals surface area contributed by atoms with Gasteiger partial charge >= 0.3 is 5.97 Å². The van der Waals surface area contributed by atoms with Gasteiger partial charge in [0, 0.05) is 12.8 Å². The summed E-state index contributed by atoms with van der Waals surface area (Å²) in [5.74, 6) is -0.122. The minimum absolute atomic E-state index is 0.0313. The van der Waals surface area contributed by atoms with E-state index < -0.39 is 12.1 Å². The van der Waals surface area contributed by atoms with Crippen molar-refractivity contribution >= 4 is 11.9 Å². The van der Waals surface area contributed by atoms with Gasteiger partial charge in [0.15, 0.2) is 0 Å². The highest BCUT2D eigenvalue weighted by Gasteiger charge is 2.18. The number of ether oxygens (including phenoxy) is 1. The number of rotatable bonds is 41. The Hall–Kier alpha value is -1.92. The van der Waals surface area contributed by atoms with Gasteiger partial charge in [-0.15, -0.1) is 0 Å². The number of hydrogen-bond donors (Lipinski definition) is 3. The number of esters is 1. The summed E-state index contributed by atoms with van der Waals surface area (Å²) in [6, 6.07) is -0.641. The molecule has 0 spiro atoms. The van der Waals surface area contributed by atoms with E-state index in [2.05, 4.69) is 43.5 Å². The molecule has 1 amide bonds. The Morgan fingerprint density at radius 3 is 1.49 bits per heavy atom. The molecule has 0 fully saturated rings. The molecule has 0 bridgehead atoms. The summed E-state index contributed by atoms with van der Waals surface area (Å²) in [5.41, 5.74) is 0. The largest absolute Gasteiger partial charge is 0.466 e. The van der Waals surface area contributed by atoms with Gasteiger partial charge in [0.2, 0.25) is 5.91 Å². The van der Waals surface area contributed by atoms with E-state index in [1.165, 1.54) is 128 Å². The fraction of sp³-hybridized carbons (Fsp3) is 0.830. The molecule has 53 heavy (non-hydrogen) atoms. The van der Waals surface area contributed by atoms with Gasteiger partial charge in [0.05, 0.1) is 25.4 Å². The van der Waals surface area contributed by atoms with Crippen LogP contribution in [0.5, 0.6) is 0 Å². The van der Waals surface area contributed by atoms with Crippen molar-refractivity contribution in [2.24, 2.45) is 0 Å². The fourth-order valence-electron chi connectivity index (χ4n) is 6.59. The average molecular weight is 746 g/mol. The lowest BCUT2D eigenvalue weighted by atomic mass is 10.0. The quantitative estimate of drug-likeness (QED) is 0.0329. The first-order chi connectivity index (χ1) is 26.0. The second kappa shape index (κ2) is 42.8. The highest BCUT2D eigenvalue weighted by Crippen LogP contribution is 2.14. The van der Waals surface area contributed by atoms with E-state index in [0.29, 0.717) is 19.4 Å². The number of unbranched alkanes of at least 4 members (excludes halogenated alkanes) is 26. The third-order valence-corrected chi connectivity index (χ3v) is 10.2. The van der Waals surface area contributed by atoms with E-state index in [1.807, 2.05) is 6.08 Å². The van der Waals surface area contributed by atoms with Crippen molar-refractivity contribution in [2.75, 3.05) is 13.2 Å². The van der Waals surface area contributed by atoms with Gasteiger partial charge < -0.3 is 20.3 Å². The van der Waals surface area contributed by atoms with Gasteiger partial charge in [-0.1, -0.05) is 192 Å². The molecule has 6 heteroatoms. The highest BCUT2D eigenvalue weighted by atomic mass is 16.5. The van der Waals surface area contributed by atoms with Crippen molar-refractivity contribution in [1.82, 2.24) is 5.32 Å². The van der Waals surface area contributed by atoms with E-state index in [1.54, 1.807) is 6.08 Å².